The minimum absolute atomic E-state index is 0.187. The van der Waals surface area contributed by atoms with Gasteiger partial charge in [-0.1, -0.05) is 0 Å². The van der Waals surface area contributed by atoms with E-state index in [1.54, 1.807) is 6.07 Å². The molecule has 2 aromatic rings. The highest BCUT2D eigenvalue weighted by Crippen LogP contribution is 2.20. The maximum atomic E-state index is 11.4. The van der Waals surface area contributed by atoms with Crippen LogP contribution in [0.2, 0.25) is 0 Å². The van der Waals surface area contributed by atoms with Crippen LogP contribution in [0.5, 0.6) is 0 Å². The predicted molar refractivity (Wildman–Crippen MR) is 71.4 cm³/mol. The zero-order valence-electron chi connectivity index (χ0n) is 9.76. The number of nitrogens with two attached hydrogens (primary N) is 1. The Kier molecular flexibility index (Phi) is 2.44. The first kappa shape index (κ1) is 11.3. The molecule has 0 radical (unpaired) electrons. The van der Waals surface area contributed by atoms with Crippen LogP contribution in [0.1, 0.15) is 0 Å². The first-order valence-corrected chi connectivity index (χ1v) is 7.56. The van der Waals surface area contributed by atoms with E-state index in [1.807, 2.05) is 17.0 Å². The highest BCUT2D eigenvalue weighted by Gasteiger charge is 2.23. The maximum Gasteiger partial charge on any atom is 0.203 e. The Morgan fingerprint density at radius 3 is 2.72 bits per heavy atom. The second kappa shape index (κ2) is 3.88. The van der Waals surface area contributed by atoms with Gasteiger partial charge in [-0.15, -0.1) is 0 Å². The van der Waals surface area contributed by atoms with E-state index in [4.69, 9.17) is 5.73 Å². The molecule has 1 fully saturated rings. The summed E-state index contributed by atoms with van der Waals surface area (Å²) in [5.74, 6) is 1.09. The van der Waals surface area contributed by atoms with Crippen LogP contribution in [0.4, 0.5) is 11.6 Å². The molecule has 0 amide bonds. The van der Waals surface area contributed by atoms with Gasteiger partial charge >= 0.3 is 0 Å². The summed E-state index contributed by atoms with van der Waals surface area (Å²) in [5, 5.41) is 0. The van der Waals surface area contributed by atoms with Crippen molar-refractivity contribution in [2.24, 2.45) is 0 Å². The minimum atomic E-state index is -2.86. The summed E-state index contributed by atoms with van der Waals surface area (Å²) in [6.45, 7) is 0.968. The van der Waals surface area contributed by atoms with Crippen LogP contribution in [0.25, 0.3) is 11.0 Å². The molecule has 0 spiro atoms. The highest BCUT2D eigenvalue weighted by molar-refractivity contribution is 7.91. The highest BCUT2D eigenvalue weighted by atomic mass is 32.2. The first-order valence-electron chi connectivity index (χ1n) is 5.74. The summed E-state index contributed by atoms with van der Waals surface area (Å²) in [6, 6.07) is 5.48. The van der Waals surface area contributed by atoms with Gasteiger partial charge in [0.2, 0.25) is 5.95 Å². The lowest BCUT2D eigenvalue weighted by molar-refractivity contribution is 0.586. The monoisotopic (exact) mass is 266 g/mol. The first-order chi connectivity index (χ1) is 8.53. The summed E-state index contributed by atoms with van der Waals surface area (Å²) in [7, 11) is -2.86. The summed E-state index contributed by atoms with van der Waals surface area (Å²) < 4.78 is 22.7. The smallest absolute Gasteiger partial charge is 0.203 e. The van der Waals surface area contributed by atoms with Gasteiger partial charge < -0.3 is 15.6 Å². The summed E-state index contributed by atoms with van der Waals surface area (Å²) in [4.78, 5) is 9.57. The Morgan fingerprint density at radius 1 is 1.28 bits per heavy atom. The third-order valence-corrected chi connectivity index (χ3v) is 4.75. The van der Waals surface area contributed by atoms with Crippen molar-refractivity contribution < 1.29 is 8.42 Å². The van der Waals surface area contributed by atoms with E-state index in [1.165, 1.54) is 0 Å². The van der Waals surface area contributed by atoms with E-state index < -0.39 is 9.84 Å². The Labute approximate surface area is 105 Å². The molecule has 18 heavy (non-hydrogen) atoms. The second-order valence-electron chi connectivity index (χ2n) is 4.48. The van der Waals surface area contributed by atoms with Crippen LogP contribution < -0.4 is 10.6 Å². The standard InChI is InChI=1S/C11H14N4O2S/c12-8-1-2-9-10(7-8)14-11(13-9)15-3-5-18(16,17)6-4-15/h1-2,7H,3-6,12H2,(H,13,14). The number of nitrogens with one attached hydrogen (secondary N) is 1. The zero-order valence-corrected chi connectivity index (χ0v) is 10.6. The Hall–Kier alpha value is -1.76. The number of aromatic amines is 1. The SMILES string of the molecule is Nc1ccc2nc(N3CCS(=O)(=O)CC3)[nH]c2c1. The minimum Gasteiger partial charge on any atom is -0.399 e. The zero-order chi connectivity index (χ0) is 12.8. The van der Waals surface area contributed by atoms with Crippen molar-refractivity contribution in [2.75, 3.05) is 35.2 Å². The van der Waals surface area contributed by atoms with Crippen molar-refractivity contribution in [1.82, 2.24) is 9.97 Å². The summed E-state index contributed by atoms with van der Waals surface area (Å²) in [5.41, 5.74) is 8.10. The Bertz CT molecular complexity index is 678. The number of sulfone groups is 1. The van der Waals surface area contributed by atoms with E-state index in [9.17, 15) is 8.42 Å². The molecule has 0 saturated carbocycles. The topological polar surface area (TPSA) is 92.1 Å². The fraction of sp³-hybridized carbons (Fsp3) is 0.364. The fourth-order valence-electron chi connectivity index (χ4n) is 2.09. The van der Waals surface area contributed by atoms with Crippen LogP contribution >= 0.6 is 0 Å². The molecule has 1 aliphatic rings. The van der Waals surface area contributed by atoms with Gasteiger partial charge in [-0.25, -0.2) is 13.4 Å². The molecule has 0 unspecified atom stereocenters. The maximum absolute atomic E-state index is 11.4. The van der Waals surface area contributed by atoms with E-state index >= 15 is 0 Å². The number of hydrogen-bond acceptors (Lipinski definition) is 5. The predicted octanol–water partition coefficient (Wildman–Crippen LogP) is 0.380. The molecule has 1 aromatic heterocycles. The molecule has 3 N–H and O–H groups in total. The quantitative estimate of drug-likeness (QED) is 0.728. The summed E-state index contributed by atoms with van der Waals surface area (Å²) >= 11 is 0. The van der Waals surface area contributed by atoms with Gasteiger partial charge in [-0.05, 0) is 18.2 Å². The van der Waals surface area contributed by atoms with Crippen LogP contribution in [0, 0.1) is 0 Å². The van der Waals surface area contributed by atoms with Gasteiger partial charge in [0.05, 0.1) is 22.5 Å². The van der Waals surface area contributed by atoms with Gasteiger partial charge in [0.25, 0.3) is 0 Å². The second-order valence-corrected chi connectivity index (χ2v) is 6.78. The number of nitrogens with zero attached hydrogens (tertiary/aromatic N) is 2. The van der Waals surface area contributed by atoms with Crippen LogP contribution in [0.3, 0.4) is 0 Å². The van der Waals surface area contributed by atoms with E-state index in [-0.39, 0.29) is 11.5 Å². The lowest BCUT2D eigenvalue weighted by Gasteiger charge is -2.25. The molecule has 1 aromatic carbocycles. The van der Waals surface area contributed by atoms with Crippen molar-refractivity contribution in [3.8, 4) is 0 Å². The number of benzene rings is 1. The van der Waals surface area contributed by atoms with Crippen molar-refractivity contribution in [3.05, 3.63) is 18.2 Å². The van der Waals surface area contributed by atoms with Crippen molar-refractivity contribution in [2.45, 2.75) is 0 Å². The molecule has 6 nitrogen and oxygen atoms in total. The largest absolute Gasteiger partial charge is 0.399 e. The molecular formula is C11H14N4O2S. The van der Waals surface area contributed by atoms with Gasteiger partial charge in [-0.3, -0.25) is 0 Å². The molecule has 0 bridgehead atoms. The number of nitrogen functional groups attached to an aromatic ring is 1. The molecule has 1 aliphatic heterocycles. The number of imidazole rings is 1. The molecule has 0 aliphatic carbocycles. The number of H-pyrrole nitrogens is 1. The summed E-state index contributed by atoms with van der Waals surface area (Å²) in [6.07, 6.45) is 0. The van der Waals surface area contributed by atoms with E-state index in [0.29, 0.717) is 24.7 Å². The number of anilines is 2. The van der Waals surface area contributed by atoms with Gasteiger partial charge in [0, 0.05) is 18.8 Å². The number of fused-ring (bicyclic) bond motifs is 1. The average molecular weight is 266 g/mol. The lowest BCUT2D eigenvalue weighted by Crippen LogP contribution is -2.40. The molecule has 96 valence electrons. The van der Waals surface area contributed by atoms with Crippen LogP contribution in [-0.2, 0) is 9.84 Å². The molecule has 3 rings (SSSR count). The molecule has 1 saturated heterocycles. The van der Waals surface area contributed by atoms with E-state index in [0.717, 1.165) is 11.0 Å². The number of aromatic nitrogens is 2. The van der Waals surface area contributed by atoms with Crippen molar-refractivity contribution in [1.29, 1.82) is 0 Å². The Morgan fingerprint density at radius 2 is 2.00 bits per heavy atom. The van der Waals surface area contributed by atoms with Gasteiger partial charge in [0.15, 0.2) is 9.84 Å². The van der Waals surface area contributed by atoms with Crippen LogP contribution in [-0.4, -0.2) is 43.0 Å². The van der Waals surface area contributed by atoms with Gasteiger partial charge in [-0.2, -0.15) is 0 Å². The molecule has 0 atom stereocenters. The Balaban J connectivity index is 1.91. The number of hydrogen-bond donors (Lipinski definition) is 2. The van der Waals surface area contributed by atoms with E-state index in [2.05, 4.69) is 9.97 Å². The van der Waals surface area contributed by atoms with Crippen molar-refractivity contribution >= 4 is 32.5 Å². The van der Waals surface area contributed by atoms with Gasteiger partial charge in [0.1, 0.15) is 0 Å². The van der Waals surface area contributed by atoms with Crippen molar-refractivity contribution in [3.63, 3.8) is 0 Å². The number of rotatable bonds is 1. The average Bonchev–Trinajstić information content (AvgIpc) is 2.71. The molecule has 7 heteroatoms. The lowest BCUT2D eigenvalue weighted by atomic mass is 10.3. The third kappa shape index (κ3) is 2.01. The normalized spacial score (nSPS) is 19.2. The molecule has 2 heterocycles. The fourth-order valence-corrected chi connectivity index (χ4v) is 3.29. The molecular weight excluding hydrogens is 252 g/mol. The van der Waals surface area contributed by atoms with Crippen LogP contribution in [0.15, 0.2) is 18.2 Å². The third-order valence-electron chi connectivity index (χ3n) is 3.14.